The Bertz CT molecular complexity index is 615. The summed E-state index contributed by atoms with van der Waals surface area (Å²) in [6.45, 7) is 0. The van der Waals surface area contributed by atoms with E-state index in [1.807, 2.05) is 0 Å². The molecule has 0 saturated carbocycles. The summed E-state index contributed by atoms with van der Waals surface area (Å²) in [6, 6.07) is 3.36. The second-order valence-electron chi connectivity index (χ2n) is 4.54. The van der Waals surface area contributed by atoms with Crippen molar-refractivity contribution in [2.75, 3.05) is 18.6 Å². The molecular weight excluding hydrogens is 286 g/mol. The van der Waals surface area contributed by atoms with E-state index in [1.165, 1.54) is 19.2 Å². The first-order chi connectivity index (χ1) is 9.32. The summed E-state index contributed by atoms with van der Waals surface area (Å²) in [5.74, 6) is -0.568. The summed E-state index contributed by atoms with van der Waals surface area (Å²) in [5, 5.41) is 8.88. The molecule has 8 heteroatoms. The molecule has 1 atom stereocenters. The van der Waals surface area contributed by atoms with Gasteiger partial charge in [0.15, 0.2) is 21.3 Å². The van der Waals surface area contributed by atoms with Crippen molar-refractivity contribution in [1.82, 2.24) is 0 Å². The molecule has 0 aromatic heterocycles. The van der Waals surface area contributed by atoms with Crippen LogP contribution in [0, 0.1) is 0 Å². The zero-order valence-electron chi connectivity index (χ0n) is 10.8. The highest BCUT2D eigenvalue weighted by atomic mass is 32.2. The summed E-state index contributed by atoms with van der Waals surface area (Å²) in [6.07, 6.45) is -0.440. The molecule has 0 spiro atoms. The average molecular weight is 301 g/mol. The van der Waals surface area contributed by atoms with Crippen molar-refractivity contribution < 1.29 is 27.8 Å². The van der Waals surface area contributed by atoms with E-state index in [0.717, 1.165) is 0 Å². The summed E-state index contributed by atoms with van der Waals surface area (Å²) < 4.78 is 32.8. The maximum absolute atomic E-state index is 11.1. The van der Waals surface area contributed by atoms with Crippen molar-refractivity contribution in [3.05, 3.63) is 23.8 Å². The third-order valence-corrected chi connectivity index (χ3v) is 4.75. The van der Waals surface area contributed by atoms with Gasteiger partial charge in [-0.05, 0) is 17.7 Å². The van der Waals surface area contributed by atoms with Crippen LogP contribution in [0.3, 0.4) is 0 Å². The Hall–Kier alpha value is -1.80. The highest BCUT2D eigenvalue weighted by Crippen LogP contribution is 2.32. The minimum atomic E-state index is -2.99. The summed E-state index contributed by atoms with van der Waals surface area (Å²) in [4.78, 5) is 10.9. The van der Waals surface area contributed by atoms with Crippen LogP contribution in [0.4, 0.5) is 0 Å². The molecule has 0 bridgehead atoms. The van der Waals surface area contributed by atoms with Crippen LogP contribution in [-0.2, 0) is 14.6 Å². The van der Waals surface area contributed by atoms with E-state index < -0.39 is 28.0 Å². The van der Waals surface area contributed by atoms with Crippen molar-refractivity contribution in [2.24, 2.45) is 5.73 Å². The summed E-state index contributed by atoms with van der Waals surface area (Å²) >= 11 is 0. The molecule has 1 fully saturated rings. The lowest BCUT2D eigenvalue weighted by molar-refractivity contribution is -0.138. The molecule has 1 saturated heterocycles. The topological polar surface area (TPSA) is 116 Å². The Morgan fingerprint density at radius 2 is 2.05 bits per heavy atom. The predicted octanol–water partition coefficient (Wildman–Crippen LogP) is -0.0446. The first-order valence-corrected chi connectivity index (χ1v) is 7.68. The zero-order chi connectivity index (χ0) is 14.9. The van der Waals surface area contributed by atoms with E-state index in [-0.39, 0.29) is 11.5 Å². The number of nitrogens with two attached hydrogens (primary N) is 1. The lowest BCUT2D eigenvalue weighted by Gasteiger charge is -2.27. The second kappa shape index (κ2) is 5.29. The number of ether oxygens (including phenoxy) is 2. The van der Waals surface area contributed by atoms with Gasteiger partial charge in [-0.3, -0.25) is 4.79 Å². The van der Waals surface area contributed by atoms with E-state index in [4.69, 9.17) is 20.3 Å². The monoisotopic (exact) mass is 301 g/mol. The normalized spacial score (nSPS) is 18.9. The average Bonchev–Trinajstić information content (AvgIpc) is 2.35. The fourth-order valence-electron chi connectivity index (χ4n) is 1.89. The number of hydrogen-bond donors (Lipinski definition) is 2. The van der Waals surface area contributed by atoms with Crippen molar-refractivity contribution >= 4 is 15.8 Å². The Kier molecular flexibility index (Phi) is 3.87. The Morgan fingerprint density at radius 1 is 1.40 bits per heavy atom. The van der Waals surface area contributed by atoms with Gasteiger partial charge in [0.2, 0.25) is 0 Å². The molecule has 0 amide bonds. The Morgan fingerprint density at radius 3 is 2.55 bits per heavy atom. The third-order valence-electron chi connectivity index (χ3n) is 2.99. The van der Waals surface area contributed by atoms with Gasteiger partial charge in [0, 0.05) is 0 Å². The number of carboxylic acid groups (broad SMARTS) is 1. The third kappa shape index (κ3) is 3.02. The maximum atomic E-state index is 11.1. The van der Waals surface area contributed by atoms with Crippen LogP contribution in [0.25, 0.3) is 0 Å². The molecule has 20 heavy (non-hydrogen) atoms. The van der Waals surface area contributed by atoms with Crippen molar-refractivity contribution in [2.45, 2.75) is 12.1 Å². The fraction of sp³-hybridized carbons (Fsp3) is 0.417. The number of carbonyl (C=O) groups is 1. The molecule has 1 unspecified atom stereocenters. The highest BCUT2D eigenvalue weighted by molar-refractivity contribution is 7.92. The number of sulfone groups is 1. The van der Waals surface area contributed by atoms with Crippen LogP contribution < -0.4 is 15.2 Å². The SMILES string of the molecule is COc1ccc(C(N)C(=O)O)cc1OC1CS(=O)(=O)C1. The van der Waals surface area contributed by atoms with Crippen LogP contribution in [0.5, 0.6) is 11.5 Å². The van der Waals surface area contributed by atoms with Crippen LogP contribution in [0.15, 0.2) is 18.2 Å². The lowest BCUT2D eigenvalue weighted by Crippen LogP contribution is -2.45. The number of carboxylic acids is 1. The molecule has 1 aliphatic heterocycles. The second-order valence-corrected chi connectivity index (χ2v) is 6.70. The van der Waals surface area contributed by atoms with Gasteiger partial charge in [0.05, 0.1) is 18.6 Å². The van der Waals surface area contributed by atoms with Gasteiger partial charge < -0.3 is 20.3 Å². The standard InChI is InChI=1S/C12H15NO6S/c1-18-9-3-2-7(11(13)12(14)15)4-10(9)19-8-5-20(16,17)6-8/h2-4,8,11H,5-6,13H2,1H3,(H,14,15). The van der Waals surface area contributed by atoms with Crippen LogP contribution in [0.2, 0.25) is 0 Å². The van der Waals surface area contributed by atoms with E-state index in [9.17, 15) is 13.2 Å². The van der Waals surface area contributed by atoms with Crippen LogP contribution in [-0.4, -0.2) is 44.2 Å². The number of rotatable bonds is 5. The highest BCUT2D eigenvalue weighted by Gasteiger charge is 2.35. The number of benzene rings is 1. The first-order valence-electron chi connectivity index (χ1n) is 5.86. The molecule has 1 aliphatic rings. The molecule has 3 N–H and O–H groups in total. The molecule has 110 valence electrons. The Balaban J connectivity index is 2.21. The van der Waals surface area contributed by atoms with E-state index in [2.05, 4.69) is 0 Å². The van der Waals surface area contributed by atoms with Crippen molar-refractivity contribution in [3.8, 4) is 11.5 Å². The van der Waals surface area contributed by atoms with E-state index >= 15 is 0 Å². The van der Waals surface area contributed by atoms with Crippen LogP contribution in [0.1, 0.15) is 11.6 Å². The summed E-state index contributed by atoms with van der Waals surface area (Å²) in [5.41, 5.74) is 5.88. The molecule has 7 nitrogen and oxygen atoms in total. The number of methoxy groups -OCH3 is 1. The molecule has 0 aliphatic carbocycles. The van der Waals surface area contributed by atoms with Gasteiger partial charge in [-0.1, -0.05) is 6.07 Å². The molecule has 1 aromatic rings. The number of hydrogen-bond acceptors (Lipinski definition) is 6. The molecule has 1 aromatic carbocycles. The zero-order valence-corrected chi connectivity index (χ0v) is 11.6. The van der Waals surface area contributed by atoms with Gasteiger partial charge in [-0.25, -0.2) is 8.42 Å². The minimum Gasteiger partial charge on any atom is -0.493 e. The summed E-state index contributed by atoms with van der Waals surface area (Å²) in [7, 11) is -1.55. The largest absolute Gasteiger partial charge is 0.493 e. The van der Waals surface area contributed by atoms with Gasteiger partial charge in [0.1, 0.15) is 12.1 Å². The smallest absolute Gasteiger partial charge is 0.325 e. The first kappa shape index (κ1) is 14.6. The van der Waals surface area contributed by atoms with E-state index in [1.54, 1.807) is 6.07 Å². The van der Waals surface area contributed by atoms with Crippen molar-refractivity contribution in [3.63, 3.8) is 0 Å². The molecule has 0 radical (unpaired) electrons. The van der Waals surface area contributed by atoms with Crippen LogP contribution >= 0.6 is 0 Å². The minimum absolute atomic E-state index is 0.0502. The van der Waals surface area contributed by atoms with E-state index in [0.29, 0.717) is 17.1 Å². The molecular formula is C12H15NO6S. The van der Waals surface area contributed by atoms with Gasteiger partial charge >= 0.3 is 5.97 Å². The predicted molar refractivity (Wildman–Crippen MR) is 70.6 cm³/mol. The molecule has 2 rings (SSSR count). The van der Waals surface area contributed by atoms with Gasteiger partial charge in [0.25, 0.3) is 0 Å². The fourth-order valence-corrected chi connectivity index (χ4v) is 3.06. The lowest BCUT2D eigenvalue weighted by atomic mass is 10.1. The Labute approximate surface area is 116 Å². The van der Waals surface area contributed by atoms with Gasteiger partial charge in [-0.2, -0.15) is 0 Å². The number of aliphatic carboxylic acids is 1. The van der Waals surface area contributed by atoms with Crippen molar-refractivity contribution in [1.29, 1.82) is 0 Å². The van der Waals surface area contributed by atoms with Gasteiger partial charge in [-0.15, -0.1) is 0 Å². The quantitative estimate of drug-likeness (QED) is 0.783. The maximum Gasteiger partial charge on any atom is 0.325 e. The molecule has 1 heterocycles.